The normalized spacial score (nSPS) is 18.4. The van der Waals surface area contributed by atoms with Crippen molar-refractivity contribution in [1.29, 1.82) is 0 Å². The van der Waals surface area contributed by atoms with Crippen molar-refractivity contribution in [2.24, 2.45) is 0 Å². The van der Waals surface area contributed by atoms with Crippen molar-refractivity contribution in [2.75, 3.05) is 32.9 Å². The summed E-state index contributed by atoms with van der Waals surface area (Å²) >= 11 is 0. The molecule has 0 spiro atoms. The van der Waals surface area contributed by atoms with Crippen LogP contribution in [0.1, 0.15) is 18.9 Å². The quantitative estimate of drug-likeness (QED) is 0.728. The molecule has 1 aliphatic rings. The van der Waals surface area contributed by atoms with Gasteiger partial charge in [-0.15, -0.1) is 0 Å². The first-order valence-electron chi connectivity index (χ1n) is 8.88. The van der Waals surface area contributed by atoms with Crippen LogP contribution in [-0.4, -0.2) is 67.9 Å². The zero-order valence-electron chi connectivity index (χ0n) is 15.4. The van der Waals surface area contributed by atoms with E-state index in [9.17, 15) is 0 Å². The highest BCUT2D eigenvalue weighted by Crippen LogP contribution is 2.29. The third-order valence-electron chi connectivity index (χ3n) is 5.14. The van der Waals surface area contributed by atoms with Crippen molar-refractivity contribution in [1.82, 2.24) is 34.6 Å². The van der Waals surface area contributed by atoms with Gasteiger partial charge >= 0.3 is 0 Å². The van der Waals surface area contributed by atoms with Crippen molar-refractivity contribution in [3.8, 4) is 11.5 Å². The summed E-state index contributed by atoms with van der Waals surface area (Å²) < 4.78 is 6.87. The molecule has 1 fully saturated rings. The third-order valence-corrected chi connectivity index (χ3v) is 5.14. The first-order valence-corrected chi connectivity index (χ1v) is 8.88. The molecular weight excluding hydrogens is 332 g/mol. The predicted molar refractivity (Wildman–Crippen MR) is 98.3 cm³/mol. The van der Waals surface area contributed by atoms with E-state index in [-0.39, 0.29) is 5.82 Å². The Morgan fingerprint density at radius 3 is 2.81 bits per heavy atom. The number of likely N-dealkylation sites (tertiary alicyclic amines) is 1. The van der Waals surface area contributed by atoms with Crippen molar-refractivity contribution < 1.29 is 4.63 Å². The van der Waals surface area contributed by atoms with Crippen molar-refractivity contribution in [2.45, 2.75) is 32.5 Å². The highest BCUT2D eigenvalue weighted by Gasteiger charge is 2.26. The predicted octanol–water partition coefficient (Wildman–Crippen LogP) is 1.22. The van der Waals surface area contributed by atoms with Gasteiger partial charge in [-0.3, -0.25) is 9.88 Å². The maximum Gasteiger partial charge on any atom is 0.199 e. The SMILES string of the molecule is CCn1c(-c2nonc2N)nc2cncc(CN3CC[C@H](N(C)C)C3)c21. The highest BCUT2D eigenvalue weighted by atomic mass is 16.6. The van der Waals surface area contributed by atoms with E-state index < -0.39 is 0 Å². The molecule has 0 radical (unpaired) electrons. The van der Waals surface area contributed by atoms with E-state index in [4.69, 9.17) is 15.3 Å². The number of imidazole rings is 1. The van der Waals surface area contributed by atoms with Gasteiger partial charge in [0.15, 0.2) is 17.3 Å². The van der Waals surface area contributed by atoms with Gasteiger partial charge in [-0.2, -0.15) is 0 Å². The summed E-state index contributed by atoms with van der Waals surface area (Å²) in [7, 11) is 4.29. The number of nitrogen functional groups attached to an aromatic ring is 1. The van der Waals surface area contributed by atoms with Gasteiger partial charge < -0.3 is 15.2 Å². The number of nitrogens with zero attached hydrogens (tertiary/aromatic N) is 7. The molecule has 4 heterocycles. The van der Waals surface area contributed by atoms with Gasteiger partial charge in [0.2, 0.25) is 0 Å². The van der Waals surface area contributed by atoms with Crippen LogP contribution in [0.3, 0.4) is 0 Å². The number of likely N-dealkylation sites (N-methyl/N-ethyl adjacent to an activating group) is 1. The van der Waals surface area contributed by atoms with Crippen LogP contribution in [0, 0.1) is 0 Å². The molecule has 0 aliphatic carbocycles. The molecule has 3 aromatic heterocycles. The molecule has 0 amide bonds. The summed E-state index contributed by atoms with van der Waals surface area (Å²) in [6, 6.07) is 0.606. The molecule has 0 bridgehead atoms. The maximum atomic E-state index is 5.88. The van der Waals surface area contributed by atoms with Crippen LogP contribution < -0.4 is 5.73 Å². The summed E-state index contributed by atoms with van der Waals surface area (Å²) in [6.45, 7) is 5.83. The highest BCUT2D eigenvalue weighted by molar-refractivity contribution is 5.83. The molecule has 0 saturated carbocycles. The summed E-state index contributed by atoms with van der Waals surface area (Å²) in [5.41, 5.74) is 9.44. The second-order valence-corrected chi connectivity index (χ2v) is 6.99. The summed E-state index contributed by atoms with van der Waals surface area (Å²) in [4.78, 5) is 13.9. The number of rotatable bonds is 5. The lowest BCUT2D eigenvalue weighted by atomic mass is 10.2. The van der Waals surface area contributed by atoms with Crippen LogP contribution in [0.5, 0.6) is 0 Å². The minimum atomic E-state index is 0.248. The number of hydrogen-bond acceptors (Lipinski definition) is 8. The van der Waals surface area contributed by atoms with Gasteiger partial charge in [0.05, 0.1) is 11.7 Å². The van der Waals surface area contributed by atoms with Gasteiger partial charge in [0, 0.05) is 44.0 Å². The molecule has 138 valence electrons. The smallest absolute Gasteiger partial charge is 0.199 e. The van der Waals surface area contributed by atoms with Crippen LogP contribution >= 0.6 is 0 Å². The Balaban J connectivity index is 1.72. The number of anilines is 1. The fourth-order valence-electron chi connectivity index (χ4n) is 3.73. The van der Waals surface area contributed by atoms with Crippen molar-refractivity contribution in [3.63, 3.8) is 0 Å². The van der Waals surface area contributed by atoms with E-state index >= 15 is 0 Å². The van der Waals surface area contributed by atoms with E-state index in [1.165, 1.54) is 6.42 Å². The maximum absolute atomic E-state index is 5.88. The second kappa shape index (κ2) is 6.65. The molecule has 9 nitrogen and oxygen atoms in total. The Labute approximate surface area is 151 Å². The summed E-state index contributed by atoms with van der Waals surface area (Å²) in [5, 5.41) is 7.60. The van der Waals surface area contributed by atoms with Crippen LogP contribution in [-0.2, 0) is 13.1 Å². The van der Waals surface area contributed by atoms with E-state index in [2.05, 4.69) is 50.7 Å². The molecule has 1 saturated heterocycles. The lowest BCUT2D eigenvalue weighted by molar-refractivity contribution is 0.265. The molecule has 4 rings (SSSR count). The topological polar surface area (TPSA) is 102 Å². The van der Waals surface area contributed by atoms with Crippen LogP contribution in [0.2, 0.25) is 0 Å². The van der Waals surface area contributed by atoms with E-state index in [1.807, 2.05) is 6.20 Å². The summed E-state index contributed by atoms with van der Waals surface area (Å²) in [6.07, 6.45) is 4.91. The standard InChI is InChI=1S/C17H24N8O/c1-4-25-15-11(9-24-6-5-12(10-24)23(2)3)7-19-8-13(15)20-17(25)14-16(18)22-26-21-14/h7-8,12H,4-6,9-10H2,1-3H3,(H2,18,22)/t12-/m0/s1. The van der Waals surface area contributed by atoms with Crippen LogP contribution in [0.15, 0.2) is 17.0 Å². The third kappa shape index (κ3) is 2.82. The minimum absolute atomic E-state index is 0.248. The zero-order valence-corrected chi connectivity index (χ0v) is 15.4. The molecule has 1 aliphatic heterocycles. The Morgan fingerprint density at radius 1 is 1.31 bits per heavy atom. The number of aryl methyl sites for hydroxylation is 1. The monoisotopic (exact) mass is 356 g/mol. The fraction of sp³-hybridized carbons (Fsp3) is 0.529. The molecule has 0 unspecified atom stereocenters. The molecule has 9 heteroatoms. The zero-order chi connectivity index (χ0) is 18.3. The average Bonchev–Trinajstić information content (AvgIpc) is 3.32. The number of aromatic nitrogens is 5. The van der Waals surface area contributed by atoms with Crippen molar-refractivity contribution in [3.05, 3.63) is 18.0 Å². The average molecular weight is 356 g/mol. The lowest BCUT2D eigenvalue weighted by Gasteiger charge is -2.20. The second-order valence-electron chi connectivity index (χ2n) is 6.99. The van der Waals surface area contributed by atoms with Crippen LogP contribution in [0.4, 0.5) is 5.82 Å². The number of nitrogens with two attached hydrogens (primary N) is 1. The number of fused-ring (bicyclic) bond motifs is 1. The van der Waals surface area contributed by atoms with Gasteiger partial charge in [-0.1, -0.05) is 0 Å². The molecular formula is C17H24N8O. The Morgan fingerprint density at radius 2 is 2.15 bits per heavy atom. The molecule has 3 aromatic rings. The van der Waals surface area contributed by atoms with Crippen molar-refractivity contribution >= 4 is 16.9 Å². The molecule has 2 N–H and O–H groups in total. The number of pyridine rings is 1. The minimum Gasteiger partial charge on any atom is -0.379 e. The fourth-order valence-corrected chi connectivity index (χ4v) is 3.73. The number of hydrogen-bond donors (Lipinski definition) is 1. The Bertz CT molecular complexity index is 915. The van der Waals surface area contributed by atoms with Gasteiger partial charge in [-0.25, -0.2) is 9.61 Å². The van der Waals surface area contributed by atoms with Crippen LogP contribution in [0.25, 0.3) is 22.6 Å². The van der Waals surface area contributed by atoms with Gasteiger partial charge in [0.1, 0.15) is 5.52 Å². The van der Waals surface area contributed by atoms with E-state index in [0.29, 0.717) is 17.6 Å². The van der Waals surface area contributed by atoms with Gasteiger partial charge in [-0.05, 0) is 37.8 Å². The van der Waals surface area contributed by atoms with Gasteiger partial charge in [0.25, 0.3) is 0 Å². The summed E-state index contributed by atoms with van der Waals surface area (Å²) in [5.74, 6) is 0.918. The lowest BCUT2D eigenvalue weighted by Crippen LogP contribution is -2.31. The first kappa shape index (κ1) is 16.9. The molecule has 0 aromatic carbocycles. The first-order chi connectivity index (χ1) is 12.6. The van der Waals surface area contributed by atoms with E-state index in [0.717, 1.165) is 42.8 Å². The molecule has 26 heavy (non-hydrogen) atoms. The molecule has 1 atom stereocenters. The van der Waals surface area contributed by atoms with E-state index in [1.54, 1.807) is 6.20 Å². The Hall–Kier alpha value is -2.52. The largest absolute Gasteiger partial charge is 0.379 e. The Kier molecular flexibility index (Phi) is 4.33.